The van der Waals surface area contributed by atoms with Crippen LogP contribution in [0.25, 0.3) is 10.9 Å². The number of aromatic nitrogens is 1. The van der Waals surface area contributed by atoms with E-state index in [0.29, 0.717) is 17.2 Å². The van der Waals surface area contributed by atoms with Crippen molar-refractivity contribution in [3.8, 4) is 0 Å². The molecule has 1 aromatic carbocycles. The molecule has 230 valence electrons. The summed E-state index contributed by atoms with van der Waals surface area (Å²) in [6.45, 7) is 8.35. The molecule has 8 nitrogen and oxygen atoms in total. The molecule has 1 aromatic heterocycles. The number of halogens is 1. The second-order valence-electron chi connectivity index (χ2n) is 13.0. The maximum atomic E-state index is 15.1. The first-order valence-electron chi connectivity index (χ1n) is 16.5. The third-order valence-corrected chi connectivity index (χ3v) is 10.3. The van der Waals surface area contributed by atoms with Gasteiger partial charge in [0.25, 0.3) is 0 Å². The van der Waals surface area contributed by atoms with Crippen molar-refractivity contribution in [3.05, 3.63) is 39.9 Å². The molecule has 7 rings (SSSR count). The van der Waals surface area contributed by atoms with Gasteiger partial charge in [0.15, 0.2) is 0 Å². The van der Waals surface area contributed by atoms with E-state index in [4.69, 9.17) is 0 Å². The van der Waals surface area contributed by atoms with E-state index < -0.39 is 17.2 Å². The summed E-state index contributed by atoms with van der Waals surface area (Å²) in [6.07, 6.45) is 17.1. The Morgan fingerprint density at radius 1 is 0.762 bits per heavy atom. The molecular formula is C33H48FN5O3. The topological polar surface area (TPSA) is 81.1 Å². The van der Waals surface area contributed by atoms with Gasteiger partial charge in [-0.25, -0.2) is 9.18 Å². The van der Waals surface area contributed by atoms with Gasteiger partial charge >= 0.3 is 5.97 Å². The number of fused-ring (bicyclic) bond motifs is 1. The van der Waals surface area contributed by atoms with Crippen LogP contribution in [0.15, 0.2) is 23.1 Å². The van der Waals surface area contributed by atoms with Crippen LogP contribution in [0.2, 0.25) is 0 Å². The lowest BCUT2D eigenvalue weighted by atomic mass is 9.94. The minimum atomic E-state index is -1.26. The van der Waals surface area contributed by atoms with Crippen LogP contribution in [0.3, 0.4) is 0 Å². The minimum Gasteiger partial charge on any atom is -0.477 e. The number of nitrogens with one attached hydrogen (secondary N) is 1. The Morgan fingerprint density at radius 3 is 1.88 bits per heavy atom. The molecule has 2 saturated heterocycles. The van der Waals surface area contributed by atoms with Crippen molar-refractivity contribution < 1.29 is 14.3 Å². The first kappa shape index (κ1) is 29.6. The van der Waals surface area contributed by atoms with Crippen molar-refractivity contribution in [2.24, 2.45) is 0 Å². The zero-order valence-electron chi connectivity index (χ0n) is 25.0. The average molecular weight is 582 g/mol. The van der Waals surface area contributed by atoms with Crippen LogP contribution in [0, 0.1) is 5.82 Å². The fourth-order valence-electron chi connectivity index (χ4n) is 7.68. The smallest absolute Gasteiger partial charge is 0.341 e. The molecule has 9 heteroatoms. The van der Waals surface area contributed by atoms with E-state index in [2.05, 4.69) is 20.0 Å². The number of rotatable bonds is 5. The zero-order valence-corrected chi connectivity index (χ0v) is 25.0. The highest BCUT2D eigenvalue weighted by Crippen LogP contribution is 2.38. The summed E-state index contributed by atoms with van der Waals surface area (Å²) in [5.41, 5.74) is 0.255. The minimum absolute atomic E-state index is 0.156. The van der Waals surface area contributed by atoms with Gasteiger partial charge in [0.2, 0.25) is 5.43 Å². The molecule has 2 N–H and O–H groups in total. The normalized spacial score (nSPS) is 23.5. The molecule has 0 atom stereocenters. The quantitative estimate of drug-likeness (QED) is 0.523. The molecule has 0 amide bonds. The highest BCUT2D eigenvalue weighted by Gasteiger charge is 2.30. The lowest BCUT2D eigenvalue weighted by Crippen LogP contribution is -2.51. The van der Waals surface area contributed by atoms with Crippen LogP contribution < -0.4 is 15.6 Å². The van der Waals surface area contributed by atoms with Gasteiger partial charge < -0.3 is 19.9 Å². The van der Waals surface area contributed by atoms with Crippen LogP contribution in [0.5, 0.6) is 0 Å². The van der Waals surface area contributed by atoms with Gasteiger partial charge in [0, 0.05) is 82.1 Å². The molecule has 5 aliphatic rings. The summed E-state index contributed by atoms with van der Waals surface area (Å²) in [5.74, 6) is -1.71. The Kier molecular flexibility index (Phi) is 9.46. The van der Waals surface area contributed by atoms with E-state index in [1.165, 1.54) is 103 Å². The zero-order chi connectivity index (χ0) is 29.1. The Labute approximate surface area is 248 Å². The van der Waals surface area contributed by atoms with Crippen LogP contribution in [0.1, 0.15) is 93.4 Å². The van der Waals surface area contributed by atoms with Crippen LogP contribution >= 0.6 is 0 Å². The molecular weight excluding hydrogens is 533 g/mol. The van der Waals surface area contributed by atoms with Crippen LogP contribution in [-0.4, -0.2) is 89.9 Å². The molecule has 2 aromatic rings. The molecule has 2 aliphatic heterocycles. The van der Waals surface area contributed by atoms with Gasteiger partial charge in [-0.05, 0) is 50.7 Å². The van der Waals surface area contributed by atoms with E-state index >= 15 is 4.39 Å². The Bertz CT molecular complexity index is 1270. The van der Waals surface area contributed by atoms with E-state index in [1.54, 1.807) is 6.07 Å². The van der Waals surface area contributed by atoms with Gasteiger partial charge in [-0.1, -0.05) is 38.5 Å². The lowest BCUT2D eigenvalue weighted by Gasteiger charge is -2.41. The van der Waals surface area contributed by atoms with Gasteiger partial charge in [0.05, 0.1) is 11.2 Å². The highest BCUT2D eigenvalue weighted by atomic mass is 19.1. The molecule has 3 heterocycles. The maximum Gasteiger partial charge on any atom is 0.341 e. The van der Waals surface area contributed by atoms with Crippen molar-refractivity contribution in [2.75, 3.05) is 57.3 Å². The Hall–Kier alpha value is -2.49. The molecule has 5 fully saturated rings. The number of carbonyl (C=O) groups is 1. The van der Waals surface area contributed by atoms with Crippen molar-refractivity contribution in [1.82, 2.24) is 19.7 Å². The number of pyridine rings is 1. The molecule has 3 aliphatic carbocycles. The fourth-order valence-corrected chi connectivity index (χ4v) is 7.68. The largest absolute Gasteiger partial charge is 0.477 e. The first-order chi connectivity index (χ1) is 20.5. The number of aromatic carboxylic acids is 1. The van der Waals surface area contributed by atoms with Gasteiger partial charge in [-0.2, -0.15) is 0 Å². The number of hydrogen-bond acceptors (Lipinski definition) is 6. The van der Waals surface area contributed by atoms with Crippen LogP contribution in [0.4, 0.5) is 10.1 Å². The number of nitrogens with zero attached hydrogens (tertiary/aromatic N) is 4. The van der Waals surface area contributed by atoms with E-state index in [9.17, 15) is 14.7 Å². The standard InChI is InChI=1S/C23H28FN3O3.C10H20N2/c24-19-12-17-20(27(16-6-7-16)14-18(22(17)28)23(29)30)13-21(19)26-10-8-25(9-11-26)15-4-2-1-3-5-15;1-2-4-10(5-3-1)12-8-6-11-7-9-12/h12-16H,1-11H2,(H,29,30);10-11H,1-9H2. The molecule has 42 heavy (non-hydrogen) atoms. The maximum absolute atomic E-state index is 15.1. The monoisotopic (exact) mass is 581 g/mol. The predicted octanol–water partition coefficient (Wildman–Crippen LogP) is 4.85. The number of carboxylic acid groups (broad SMARTS) is 1. The highest BCUT2D eigenvalue weighted by molar-refractivity contribution is 5.93. The van der Waals surface area contributed by atoms with E-state index in [-0.39, 0.29) is 17.0 Å². The SMILES string of the molecule is C1CCC(N2CCNCC2)CC1.O=C(O)c1cn(C2CC2)c2cc(N3CCN(C4CCCCC4)CC3)c(F)cc2c1=O. The van der Waals surface area contributed by atoms with Gasteiger partial charge in [-0.15, -0.1) is 0 Å². The number of carboxylic acids is 1. The van der Waals surface area contributed by atoms with Crippen molar-refractivity contribution >= 4 is 22.6 Å². The Morgan fingerprint density at radius 2 is 1.33 bits per heavy atom. The second kappa shape index (κ2) is 13.4. The Balaban J connectivity index is 0.000000219. The molecule has 0 bridgehead atoms. The van der Waals surface area contributed by atoms with E-state index in [0.717, 1.165) is 45.1 Å². The summed E-state index contributed by atoms with van der Waals surface area (Å²) >= 11 is 0. The van der Waals surface area contributed by atoms with Gasteiger partial charge in [-0.3, -0.25) is 14.6 Å². The molecule has 0 radical (unpaired) electrons. The van der Waals surface area contributed by atoms with Gasteiger partial charge in [0.1, 0.15) is 11.4 Å². The van der Waals surface area contributed by atoms with Crippen LogP contribution in [-0.2, 0) is 0 Å². The third kappa shape index (κ3) is 6.68. The number of hydrogen-bond donors (Lipinski definition) is 2. The summed E-state index contributed by atoms with van der Waals surface area (Å²) in [6, 6.07) is 4.78. The third-order valence-electron chi connectivity index (χ3n) is 10.3. The number of benzene rings is 1. The summed E-state index contributed by atoms with van der Waals surface area (Å²) in [5, 5.41) is 13.0. The summed E-state index contributed by atoms with van der Waals surface area (Å²) < 4.78 is 16.9. The first-order valence-corrected chi connectivity index (χ1v) is 16.5. The van der Waals surface area contributed by atoms with Crippen molar-refractivity contribution in [3.63, 3.8) is 0 Å². The average Bonchev–Trinajstić information content (AvgIpc) is 3.89. The van der Waals surface area contributed by atoms with Crippen molar-refractivity contribution in [2.45, 2.75) is 95.2 Å². The predicted molar refractivity (Wildman–Crippen MR) is 165 cm³/mol. The number of piperazine rings is 2. The summed E-state index contributed by atoms with van der Waals surface area (Å²) in [4.78, 5) is 31.5. The molecule has 0 spiro atoms. The number of anilines is 1. The lowest BCUT2D eigenvalue weighted by molar-refractivity contribution is 0.0695. The fraction of sp³-hybridized carbons (Fsp3) is 0.697. The molecule has 3 saturated carbocycles. The van der Waals surface area contributed by atoms with Crippen molar-refractivity contribution in [1.29, 1.82) is 0 Å². The second-order valence-corrected chi connectivity index (χ2v) is 13.0. The van der Waals surface area contributed by atoms with E-state index in [1.807, 2.05) is 4.57 Å². The summed E-state index contributed by atoms with van der Waals surface area (Å²) in [7, 11) is 0. The molecule has 0 unspecified atom stereocenters.